The van der Waals surface area contributed by atoms with Crippen molar-refractivity contribution in [2.24, 2.45) is 0 Å². The highest BCUT2D eigenvalue weighted by molar-refractivity contribution is 6.30. The third-order valence-corrected chi connectivity index (χ3v) is 3.67. The standard InChI is InChI=1S/C17H12ClF3N2/c1-11-2-4-12(5-3-11)15-10-16(17(19,20)21)22-23(15)14-8-6-13(18)7-9-14/h2-10H,1H3. The number of hydrogen-bond donors (Lipinski definition) is 0. The molecule has 0 atom stereocenters. The van der Waals surface area contributed by atoms with Crippen molar-refractivity contribution < 1.29 is 13.2 Å². The summed E-state index contributed by atoms with van der Waals surface area (Å²) in [6, 6.07) is 14.8. The van der Waals surface area contributed by atoms with Crippen molar-refractivity contribution in [1.29, 1.82) is 0 Å². The van der Waals surface area contributed by atoms with E-state index in [1.165, 1.54) is 4.68 Å². The van der Waals surface area contributed by atoms with Crippen molar-refractivity contribution in [3.05, 3.63) is 70.9 Å². The Morgan fingerprint density at radius 1 is 0.957 bits per heavy atom. The molecule has 0 aliphatic rings. The molecule has 0 fully saturated rings. The minimum atomic E-state index is -4.50. The van der Waals surface area contributed by atoms with Crippen molar-refractivity contribution in [3.8, 4) is 16.9 Å². The number of hydrogen-bond acceptors (Lipinski definition) is 1. The van der Waals surface area contributed by atoms with E-state index in [0.29, 0.717) is 22.0 Å². The van der Waals surface area contributed by atoms with Gasteiger partial charge in [0.15, 0.2) is 5.69 Å². The molecule has 1 heterocycles. The van der Waals surface area contributed by atoms with E-state index in [2.05, 4.69) is 5.10 Å². The van der Waals surface area contributed by atoms with Crippen molar-refractivity contribution >= 4 is 11.6 Å². The van der Waals surface area contributed by atoms with E-state index in [-0.39, 0.29) is 0 Å². The fraction of sp³-hybridized carbons (Fsp3) is 0.118. The Labute approximate surface area is 136 Å². The fourth-order valence-electron chi connectivity index (χ4n) is 2.23. The summed E-state index contributed by atoms with van der Waals surface area (Å²) < 4.78 is 40.4. The molecule has 118 valence electrons. The molecule has 2 aromatic carbocycles. The second kappa shape index (κ2) is 5.74. The molecule has 0 bridgehead atoms. The van der Waals surface area contributed by atoms with Crippen LogP contribution in [0.1, 0.15) is 11.3 Å². The van der Waals surface area contributed by atoms with Gasteiger partial charge < -0.3 is 0 Å². The number of rotatable bonds is 2. The molecule has 23 heavy (non-hydrogen) atoms. The van der Waals surface area contributed by atoms with E-state index in [1.54, 1.807) is 36.4 Å². The van der Waals surface area contributed by atoms with Crippen LogP contribution in [0.5, 0.6) is 0 Å². The largest absolute Gasteiger partial charge is 0.435 e. The second-order valence-corrected chi connectivity index (χ2v) is 5.60. The summed E-state index contributed by atoms with van der Waals surface area (Å²) in [5.74, 6) is 0. The molecule has 0 saturated carbocycles. The van der Waals surface area contributed by atoms with Crippen molar-refractivity contribution in [2.75, 3.05) is 0 Å². The molecule has 2 nitrogen and oxygen atoms in total. The van der Waals surface area contributed by atoms with Gasteiger partial charge in [-0.2, -0.15) is 18.3 Å². The van der Waals surface area contributed by atoms with Gasteiger partial charge >= 0.3 is 6.18 Å². The van der Waals surface area contributed by atoms with Gasteiger partial charge in [0.2, 0.25) is 0 Å². The van der Waals surface area contributed by atoms with E-state index in [1.807, 2.05) is 19.1 Å². The Hall–Kier alpha value is -2.27. The summed E-state index contributed by atoms with van der Waals surface area (Å²) in [5.41, 5.74) is 1.65. The normalized spacial score (nSPS) is 11.7. The first-order valence-electron chi connectivity index (χ1n) is 6.85. The quantitative estimate of drug-likeness (QED) is 0.602. The summed E-state index contributed by atoms with van der Waals surface area (Å²) in [6.45, 7) is 1.92. The highest BCUT2D eigenvalue weighted by Gasteiger charge is 2.35. The summed E-state index contributed by atoms with van der Waals surface area (Å²) in [7, 11) is 0. The van der Waals surface area contributed by atoms with Crippen LogP contribution >= 0.6 is 11.6 Å². The lowest BCUT2D eigenvalue weighted by Gasteiger charge is -2.08. The van der Waals surface area contributed by atoms with Crippen molar-refractivity contribution in [3.63, 3.8) is 0 Å². The molecule has 3 rings (SSSR count). The molecule has 0 aliphatic heterocycles. The minimum absolute atomic E-state index is 0.375. The maximum Gasteiger partial charge on any atom is 0.435 e. The average Bonchev–Trinajstić information content (AvgIpc) is 2.94. The van der Waals surface area contributed by atoms with Crippen LogP contribution in [0.3, 0.4) is 0 Å². The lowest BCUT2D eigenvalue weighted by Crippen LogP contribution is -2.07. The maximum absolute atomic E-state index is 13.0. The molecular weight excluding hydrogens is 325 g/mol. The summed E-state index contributed by atoms with van der Waals surface area (Å²) >= 11 is 5.84. The van der Waals surface area contributed by atoms with Gasteiger partial charge in [0, 0.05) is 10.6 Å². The zero-order chi connectivity index (χ0) is 16.6. The summed E-state index contributed by atoms with van der Waals surface area (Å²) in [6.07, 6.45) is -4.50. The highest BCUT2D eigenvalue weighted by atomic mass is 35.5. The topological polar surface area (TPSA) is 17.8 Å². The smallest absolute Gasteiger partial charge is 0.233 e. The number of nitrogens with zero attached hydrogens (tertiary/aromatic N) is 2. The van der Waals surface area contributed by atoms with Gasteiger partial charge in [-0.1, -0.05) is 41.4 Å². The molecule has 0 spiro atoms. The van der Waals surface area contributed by atoms with Gasteiger partial charge in [-0.3, -0.25) is 0 Å². The van der Waals surface area contributed by atoms with E-state index < -0.39 is 11.9 Å². The Balaban J connectivity index is 2.18. The molecule has 3 aromatic rings. The number of aryl methyl sites for hydroxylation is 1. The molecule has 0 saturated heterocycles. The van der Waals surface area contributed by atoms with E-state index >= 15 is 0 Å². The number of benzene rings is 2. The molecule has 1 aromatic heterocycles. The number of halogens is 4. The summed E-state index contributed by atoms with van der Waals surface area (Å²) in [4.78, 5) is 0. The molecule has 0 amide bonds. The highest BCUT2D eigenvalue weighted by Crippen LogP contribution is 2.33. The molecule has 0 radical (unpaired) electrons. The zero-order valence-corrected chi connectivity index (χ0v) is 12.9. The predicted molar refractivity (Wildman–Crippen MR) is 83.7 cm³/mol. The van der Waals surface area contributed by atoms with Gasteiger partial charge in [-0.25, -0.2) is 4.68 Å². The Morgan fingerprint density at radius 2 is 1.57 bits per heavy atom. The molecular formula is C17H12ClF3N2. The van der Waals surface area contributed by atoms with Gasteiger partial charge in [0.1, 0.15) is 0 Å². The third kappa shape index (κ3) is 3.24. The van der Waals surface area contributed by atoms with Crippen molar-refractivity contribution in [1.82, 2.24) is 9.78 Å². The van der Waals surface area contributed by atoms with Gasteiger partial charge in [0.25, 0.3) is 0 Å². The maximum atomic E-state index is 13.0. The van der Waals surface area contributed by atoms with Crippen LogP contribution in [0.4, 0.5) is 13.2 Å². The SMILES string of the molecule is Cc1ccc(-c2cc(C(F)(F)F)nn2-c2ccc(Cl)cc2)cc1. The zero-order valence-electron chi connectivity index (χ0n) is 12.1. The van der Waals surface area contributed by atoms with E-state index in [4.69, 9.17) is 11.6 Å². The molecule has 6 heteroatoms. The Morgan fingerprint density at radius 3 is 2.13 bits per heavy atom. The van der Waals surface area contributed by atoms with Crippen LogP contribution in [0.25, 0.3) is 16.9 Å². The first kappa shape index (κ1) is 15.6. The first-order valence-corrected chi connectivity index (χ1v) is 7.22. The van der Waals surface area contributed by atoms with Crippen molar-refractivity contribution in [2.45, 2.75) is 13.1 Å². The van der Waals surface area contributed by atoms with Crippen LogP contribution in [0.2, 0.25) is 5.02 Å². The minimum Gasteiger partial charge on any atom is -0.233 e. The Kier molecular flexibility index (Phi) is 3.90. The Bertz CT molecular complexity index is 756. The van der Waals surface area contributed by atoms with Crippen LogP contribution in [0.15, 0.2) is 54.6 Å². The van der Waals surface area contributed by atoms with E-state index in [0.717, 1.165) is 11.6 Å². The average molecular weight is 337 g/mol. The molecule has 0 unspecified atom stereocenters. The molecule has 0 aliphatic carbocycles. The second-order valence-electron chi connectivity index (χ2n) is 5.17. The first-order chi connectivity index (χ1) is 10.8. The van der Waals surface area contributed by atoms with Crippen LogP contribution < -0.4 is 0 Å². The third-order valence-electron chi connectivity index (χ3n) is 3.42. The fourth-order valence-corrected chi connectivity index (χ4v) is 2.35. The number of alkyl halides is 3. The number of aromatic nitrogens is 2. The van der Waals surface area contributed by atoms with Crippen LogP contribution in [0, 0.1) is 6.92 Å². The monoisotopic (exact) mass is 336 g/mol. The lowest BCUT2D eigenvalue weighted by atomic mass is 10.1. The predicted octanol–water partition coefficient (Wildman–Crippen LogP) is 5.52. The van der Waals surface area contributed by atoms with Gasteiger partial charge in [0.05, 0.1) is 11.4 Å². The van der Waals surface area contributed by atoms with Crippen LogP contribution in [-0.2, 0) is 6.18 Å². The van der Waals surface area contributed by atoms with E-state index in [9.17, 15) is 13.2 Å². The summed E-state index contributed by atoms with van der Waals surface area (Å²) in [5, 5.41) is 4.24. The van der Waals surface area contributed by atoms with Gasteiger partial charge in [-0.15, -0.1) is 0 Å². The van der Waals surface area contributed by atoms with Crippen LogP contribution in [-0.4, -0.2) is 9.78 Å². The van der Waals surface area contributed by atoms with Gasteiger partial charge in [-0.05, 0) is 37.3 Å². The lowest BCUT2D eigenvalue weighted by molar-refractivity contribution is -0.141. The molecule has 0 N–H and O–H groups in total.